The first-order valence-electron chi connectivity index (χ1n) is 8.23. The Hall–Kier alpha value is -2.50. The Balaban J connectivity index is 1.56. The number of hydrogen-bond donors (Lipinski definition) is 1. The van der Waals surface area contributed by atoms with Crippen molar-refractivity contribution in [2.45, 2.75) is 38.6 Å². The molecule has 3 rings (SSSR count). The maximum absolute atomic E-state index is 13.5. The van der Waals surface area contributed by atoms with Crippen molar-refractivity contribution in [1.82, 2.24) is 15.1 Å². The van der Waals surface area contributed by atoms with E-state index in [4.69, 9.17) is 0 Å². The lowest BCUT2D eigenvalue weighted by Crippen LogP contribution is -2.33. The number of amides is 1. The van der Waals surface area contributed by atoms with Crippen LogP contribution in [0.5, 0.6) is 0 Å². The highest BCUT2D eigenvalue weighted by Gasteiger charge is 2.13. The second-order valence-electron chi connectivity index (χ2n) is 6.00. The van der Waals surface area contributed by atoms with Crippen LogP contribution in [0.1, 0.15) is 29.7 Å². The van der Waals surface area contributed by atoms with Gasteiger partial charge in [0.05, 0.1) is 18.7 Å². The van der Waals surface area contributed by atoms with E-state index in [2.05, 4.69) is 10.4 Å². The predicted molar refractivity (Wildman–Crippen MR) is 88.3 cm³/mol. The van der Waals surface area contributed by atoms with E-state index in [1.807, 2.05) is 0 Å². The first-order valence-corrected chi connectivity index (χ1v) is 8.23. The maximum Gasteiger partial charge on any atom is 0.267 e. The first-order chi connectivity index (χ1) is 11.6. The highest BCUT2D eigenvalue weighted by atomic mass is 19.1. The number of nitrogens with one attached hydrogen (secondary N) is 1. The molecule has 1 aromatic carbocycles. The van der Waals surface area contributed by atoms with E-state index in [1.165, 1.54) is 10.7 Å². The first kappa shape index (κ1) is 16.4. The summed E-state index contributed by atoms with van der Waals surface area (Å²) >= 11 is 0. The third kappa shape index (κ3) is 3.88. The molecule has 0 saturated heterocycles. The fourth-order valence-electron chi connectivity index (χ4n) is 2.94. The Morgan fingerprint density at radius 1 is 1.25 bits per heavy atom. The molecule has 1 aliphatic carbocycles. The van der Waals surface area contributed by atoms with Gasteiger partial charge in [0.2, 0.25) is 5.91 Å². The van der Waals surface area contributed by atoms with Crippen LogP contribution in [0.25, 0.3) is 0 Å². The van der Waals surface area contributed by atoms with E-state index in [1.54, 1.807) is 24.3 Å². The number of carbonyl (C=O) groups is 1. The lowest BCUT2D eigenvalue weighted by Gasteiger charge is -2.16. The molecule has 0 spiro atoms. The SMILES string of the molecule is O=C(Cc1ccccc1F)NCCn1nc2c(cc1=O)CCCC2. The summed E-state index contributed by atoms with van der Waals surface area (Å²) < 4.78 is 14.9. The van der Waals surface area contributed by atoms with Gasteiger partial charge in [-0.05, 0) is 42.9 Å². The molecule has 0 atom stereocenters. The number of benzene rings is 1. The molecule has 1 heterocycles. The smallest absolute Gasteiger partial charge is 0.267 e. The zero-order chi connectivity index (χ0) is 16.9. The van der Waals surface area contributed by atoms with Crippen LogP contribution < -0.4 is 10.9 Å². The Morgan fingerprint density at radius 2 is 2.04 bits per heavy atom. The number of halogens is 1. The number of fused-ring (bicyclic) bond motifs is 1. The zero-order valence-electron chi connectivity index (χ0n) is 13.4. The van der Waals surface area contributed by atoms with Gasteiger partial charge in [0.15, 0.2) is 0 Å². The summed E-state index contributed by atoms with van der Waals surface area (Å²) in [6.45, 7) is 0.605. The number of hydrogen-bond acceptors (Lipinski definition) is 3. The molecule has 0 saturated carbocycles. The van der Waals surface area contributed by atoms with Crippen LogP contribution in [-0.4, -0.2) is 22.2 Å². The standard InChI is InChI=1S/C18H20FN3O2/c19-15-7-3-1-5-13(15)11-17(23)20-9-10-22-18(24)12-14-6-2-4-8-16(14)21-22/h1,3,5,7,12H,2,4,6,8-11H2,(H,20,23). The molecule has 0 aliphatic heterocycles. The third-order valence-corrected chi connectivity index (χ3v) is 4.23. The summed E-state index contributed by atoms with van der Waals surface area (Å²) in [5.41, 5.74) is 2.25. The van der Waals surface area contributed by atoms with Gasteiger partial charge < -0.3 is 5.32 Å². The van der Waals surface area contributed by atoms with Crippen LogP contribution >= 0.6 is 0 Å². The minimum absolute atomic E-state index is 0.0147. The van der Waals surface area contributed by atoms with Gasteiger partial charge >= 0.3 is 0 Å². The minimum Gasteiger partial charge on any atom is -0.354 e. The molecule has 1 aliphatic rings. The molecule has 1 N–H and O–H groups in total. The van der Waals surface area contributed by atoms with Gasteiger partial charge in [-0.2, -0.15) is 5.10 Å². The van der Waals surface area contributed by atoms with Crippen LogP contribution in [0.15, 0.2) is 35.1 Å². The van der Waals surface area contributed by atoms with E-state index >= 15 is 0 Å². The molecule has 126 valence electrons. The van der Waals surface area contributed by atoms with Crippen molar-refractivity contribution >= 4 is 5.91 Å². The van der Waals surface area contributed by atoms with E-state index in [-0.39, 0.29) is 23.7 Å². The van der Waals surface area contributed by atoms with Crippen molar-refractivity contribution in [3.05, 3.63) is 63.3 Å². The highest BCUT2D eigenvalue weighted by Crippen LogP contribution is 2.16. The van der Waals surface area contributed by atoms with Crippen LogP contribution in [0.4, 0.5) is 4.39 Å². The molecule has 0 unspecified atom stereocenters. The van der Waals surface area contributed by atoms with Gasteiger partial charge in [-0.15, -0.1) is 0 Å². The molecule has 24 heavy (non-hydrogen) atoms. The second-order valence-corrected chi connectivity index (χ2v) is 6.00. The van der Waals surface area contributed by atoms with Gasteiger partial charge in [0, 0.05) is 12.6 Å². The summed E-state index contributed by atoms with van der Waals surface area (Å²) in [6.07, 6.45) is 3.99. The summed E-state index contributed by atoms with van der Waals surface area (Å²) in [4.78, 5) is 23.9. The Kier molecular flexibility index (Phi) is 5.03. The monoisotopic (exact) mass is 329 g/mol. The van der Waals surface area contributed by atoms with Crippen molar-refractivity contribution in [2.75, 3.05) is 6.54 Å². The van der Waals surface area contributed by atoms with Crippen molar-refractivity contribution in [3.63, 3.8) is 0 Å². The van der Waals surface area contributed by atoms with Gasteiger partial charge in [-0.3, -0.25) is 9.59 Å². The molecule has 1 aromatic heterocycles. The fourth-order valence-corrected chi connectivity index (χ4v) is 2.94. The summed E-state index contributed by atoms with van der Waals surface area (Å²) in [5, 5.41) is 7.11. The van der Waals surface area contributed by atoms with Crippen LogP contribution in [0.3, 0.4) is 0 Å². The molecule has 6 heteroatoms. The summed E-state index contributed by atoms with van der Waals surface area (Å²) in [7, 11) is 0. The number of aryl methyl sites for hydroxylation is 2. The quantitative estimate of drug-likeness (QED) is 0.907. The van der Waals surface area contributed by atoms with Gasteiger partial charge in [0.25, 0.3) is 5.56 Å². The van der Waals surface area contributed by atoms with E-state index < -0.39 is 0 Å². The van der Waals surface area contributed by atoms with Crippen molar-refractivity contribution in [2.24, 2.45) is 0 Å². The largest absolute Gasteiger partial charge is 0.354 e. The molecule has 0 bridgehead atoms. The molecule has 2 aromatic rings. The maximum atomic E-state index is 13.5. The molecular formula is C18H20FN3O2. The molecule has 1 amide bonds. The Labute approximate surface area is 139 Å². The summed E-state index contributed by atoms with van der Waals surface area (Å²) in [6, 6.07) is 7.86. The Morgan fingerprint density at radius 3 is 2.88 bits per heavy atom. The van der Waals surface area contributed by atoms with Crippen LogP contribution in [0, 0.1) is 5.82 Å². The lowest BCUT2D eigenvalue weighted by atomic mass is 9.97. The van der Waals surface area contributed by atoms with Gasteiger partial charge in [0.1, 0.15) is 5.82 Å². The third-order valence-electron chi connectivity index (χ3n) is 4.23. The van der Waals surface area contributed by atoms with E-state index in [9.17, 15) is 14.0 Å². The summed E-state index contributed by atoms with van der Waals surface area (Å²) in [5.74, 6) is -0.661. The average molecular weight is 329 g/mol. The molecule has 5 nitrogen and oxygen atoms in total. The second kappa shape index (κ2) is 7.38. The predicted octanol–water partition coefficient (Wildman–Crippen LogP) is 1.62. The number of aromatic nitrogens is 2. The van der Waals surface area contributed by atoms with E-state index in [0.717, 1.165) is 36.9 Å². The normalized spacial score (nSPS) is 13.4. The number of rotatable bonds is 5. The average Bonchev–Trinajstić information content (AvgIpc) is 2.57. The van der Waals surface area contributed by atoms with E-state index in [0.29, 0.717) is 18.7 Å². The van der Waals surface area contributed by atoms with Gasteiger partial charge in [-0.25, -0.2) is 9.07 Å². The van der Waals surface area contributed by atoms with Crippen molar-refractivity contribution in [3.8, 4) is 0 Å². The topological polar surface area (TPSA) is 64.0 Å². The lowest BCUT2D eigenvalue weighted by molar-refractivity contribution is -0.120. The van der Waals surface area contributed by atoms with Gasteiger partial charge in [-0.1, -0.05) is 18.2 Å². The minimum atomic E-state index is -0.389. The number of carbonyl (C=O) groups excluding carboxylic acids is 1. The fraction of sp³-hybridized carbons (Fsp3) is 0.389. The van der Waals surface area contributed by atoms with Crippen molar-refractivity contribution in [1.29, 1.82) is 0 Å². The van der Waals surface area contributed by atoms with Crippen LogP contribution in [0.2, 0.25) is 0 Å². The molecule has 0 radical (unpaired) electrons. The molecular weight excluding hydrogens is 309 g/mol. The molecule has 0 fully saturated rings. The highest BCUT2D eigenvalue weighted by molar-refractivity contribution is 5.78. The number of nitrogens with zero attached hydrogens (tertiary/aromatic N) is 2. The zero-order valence-corrected chi connectivity index (χ0v) is 13.4. The van der Waals surface area contributed by atoms with Crippen molar-refractivity contribution < 1.29 is 9.18 Å². The Bertz CT molecular complexity index is 801. The van der Waals surface area contributed by atoms with Crippen LogP contribution in [-0.2, 0) is 30.6 Å².